The summed E-state index contributed by atoms with van der Waals surface area (Å²) in [6.07, 6.45) is 0. The van der Waals surface area contributed by atoms with Crippen molar-refractivity contribution in [1.29, 1.82) is 0 Å². The predicted octanol–water partition coefficient (Wildman–Crippen LogP) is 34.6. The molecule has 0 spiro atoms. The smallest absolute Gasteiger partial charge is 0.136 e. The van der Waals surface area contributed by atoms with Crippen LogP contribution in [0.15, 0.2) is 449 Å². The Kier molecular flexibility index (Phi) is 10.5. The topological polar surface area (TPSA) is 39.4 Å². The van der Waals surface area contributed by atoms with Crippen LogP contribution < -0.4 is 0 Å². The molecule has 123 heavy (non-hydrogen) atoms. The molecule has 0 N–H and O–H groups in total. The fourth-order valence-electron chi connectivity index (χ4n) is 18.4. The molecule has 3 heterocycles. The molecule has 0 aliphatic carbocycles. The van der Waals surface area contributed by atoms with E-state index in [1.807, 2.05) is 218 Å². The fourth-order valence-corrected chi connectivity index (χ4v) is 18.4. The van der Waals surface area contributed by atoms with Gasteiger partial charge in [-0.1, -0.05) is 375 Å². The van der Waals surface area contributed by atoms with Crippen LogP contribution in [-0.4, -0.2) is 0 Å². The van der Waals surface area contributed by atoms with Gasteiger partial charge in [-0.25, -0.2) is 0 Å². The van der Waals surface area contributed by atoms with Gasteiger partial charge in [0.1, 0.15) is 33.5 Å². The van der Waals surface area contributed by atoms with Gasteiger partial charge in [-0.05, 0) is 257 Å². The maximum Gasteiger partial charge on any atom is 0.136 e. The molecule has 0 saturated heterocycles. The zero-order valence-corrected chi connectivity index (χ0v) is 64.4. The van der Waals surface area contributed by atoms with Crippen molar-refractivity contribution in [3.8, 4) is 66.8 Å². The lowest BCUT2D eigenvalue weighted by molar-refractivity contribution is 0.669. The van der Waals surface area contributed by atoms with E-state index in [4.69, 9.17) is 37.9 Å². The first-order chi connectivity index (χ1) is 73.9. The minimum Gasteiger partial charge on any atom is -0.456 e. The summed E-state index contributed by atoms with van der Waals surface area (Å²) in [5.74, 6) is 0. The second-order valence-electron chi connectivity index (χ2n) is 30.3. The highest BCUT2D eigenvalue weighted by Gasteiger charge is 2.26. The van der Waals surface area contributed by atoms with E-state index in [-0.39, 0.29) is 124 Å². The van der Waals surface area contributed by atoms with Crippen molar-refractivity contribution in [2.75, 3.05) is 0 Å². The molecular weight excluding hydrogens is 1490 g/mol. The molecule has 570 valence electrons. The highest BCUT2D eigenvalue weighted by atomic mass is 16.3. The van der Waals surface area contributed by atoms with Crippen LogP contribution in [0.3, 0.4) is 0 Å². The van der Waals surface area contributed by atoms with Crippen molar-refractivity contribution in [3.05, 3.63) is 436 Å². The standard InChI is InChI=1S/3C40H24O/c2*1-2-13-27-24-37-35(23-26(27)12-1)40-34(21-10-22-36(40)41-37)39-32-18-7-5-16-30(32)38(31-17-6-8-19-33(31)39)29-20-9-14-25-11-3-4-15-28(25)29;1-2-11-26-22-29(21-20-25(26)10-1)38-30-14-5-7-16-32(30)39(33-17-8-6-15-31(33)38)34-18-9-19-36-40(34)35-23-27-12-3-4-13-28(27)24-37(35)41-36/h3*1-24H/i3D,4D,5D,6D,7D,8D,9D,11D,14D,15D,16D,17D,18D,19D,20D;5D,6D,7D,8D,16D,17D,18D,19D;5D,6D,7D,8D,14D,15D,16D,17D. The number of rotatable bonds is 6. The lowest BCUT2D eigenvalue weighted by Gasteiger charge is -2.19. The molecule has 0 fully saturated rings. The first-order valence-corrected chi connectivity index (χ1v) is 39.8. The van der Waals surface area contributed by atoms with Gasteiger partial charge in [0.15, 0.2) is 0 Å². The molecule has 0 aliphatic rings. The summed E-state index contributed by atoms with van der Waals surface area (Å²) in [5.41, 5.74) is 6.30. The van der Waals surface area contributed by atoms with Crippen LogP contribution in [0.25, 0.3) is 262 Å². The van der Waals surface area contributed by atoms with E-state index in [0.29, 0.717) is 105 Å². The Morgan fingerprint density at radius 2 is 0.423 bits per heavy atom. The van der Waals surface area contributed by atoms with Gasteiger partial charge in [-0.3, -0.25) is 0 Å². The number of fused-ring (bicyclic) bond motifs is 21. The summed E-state index contributed by atoms with van der Waals surface area (Å²) in [6, 6.07) is 61.9. The molecule has 3 aromatic heterocycles. The van der Waals surface area contributed by atoms with E-state index >= 15 is 0 Å². The molecule has 0 radical (unpaired) electrons. The van der Waals surface area contributed by atoms with Crippen molar-refractivity contribution < 1.29 is 55.7 Å². The third-order valence-corrected chi connectivity index (χ3v) is 23.7. The minimum atomic E-state index is -0.758. The molecule has 3 nitrogen and oxygen atoms in total. The molecule has 24 aromatic carbocycles. The average Bonchev–Trinajstić information content (AvgIpc) is 0.999. The molecule has 0 bridgehead atoms. The summed E-state index contributed by atoms with van der Waals surface area (Å²) in [6.45, 7) is 0. The predicted molar refractivity (Wildman–Crippen MR) is 524 cm³/mol. The van der Waals surface area contributed by atoms with Crippen LogP contribution in [0, 0.1) is 0 Å². The molecule has 0 unspecified atom stereocenters. The SMILES string of the molecule is [2H]c1c([2H])c([2H])c2c(-c3c4c([2H])c([2H])c([2H])c([2H])c4c(-c4cccc5oc6cc7ccccc7cc6c45)c4c([2H])c([2H])c([2H])c([2H])c34)c([2H])c([2H])c([2H])c2c1[2H].[2H]c1c([2H])c([2H])c2c(-c3cccc4oc5cc6ccccc6cc5c34)c3c([2H])c([2H])c([2H])c([2H])c3c(-c3ccc4ccccc4c3)c2c1[2H].[2H]c1c([2H])c([2H])c2c(-c3cccc4oc5cc6ccccc6cc5c34)c3c([2H])c([2H])c([2H])c([2H])c3c(-c3cccc4ccccc34)c2c1[2H]. The second-order valence-corrected chi connectivity index (χ2v) is 30.3. The van der Waals surface area contributed by atoms with Crippen LogP contribution in [0.4, 0.5) is 0 Å². The highest BCUT2D eigenvalue weighted by molar-refractivity contribution is 6.31. The summed E-state index contributed by atoms with van der Waals surface area (Å²) in [5, 5.41) is 12.9. The van der Waals surface area contributed by atoms with Gasteiger partial charge in [0.25, 0.3) is 0 Å². The minimum absolute atomic E-state index is 0.0140. The second kappa shape index (κ2) is 28.3. The molecule has 0 aliphatic heterocycles. The summed E-state index contributed by atoms with van der Waals surface area (Å²) in [7, 11) is 0. The first-order valence-electron chi connectivity index (χ1n) is 55.3. The van der Waals surface area contributed by atoms with Gasteiger partial charge in [-0.15, -0.1) is 0 Å². The van der Waals surface area contributed by atoms with Gasteiger partial charge in [-0.2, -0.15) is 0 Å². The van der Waals surface area contributed by atoms with Crippen molar-refractivity contribution in [2.45, 2.75) is 0 Å². The van der Waals surface area contributed by atoms with E-state index in [1.165, 1.54) is 0 Å². The Morgan fingerprint density at radius 1 is 0.146 bits per heavy atom. The normalized spacial score (nSPS) is 15.4. The van der Waals surface area contributed by atoms with Gasteiger partial charge >= 0.3 is 0 Å². The van der Waals surface area contributed by atoms with Crippen LogP contribution in [-0.2, 0) is 0 Å². The molecule has 27 rings (SSSR count). The maximum absolute atomic E-state index is 9.40. The zero-order valence-electron chi connectivity index (χ0n) is 95.4. The van der Waals surface area contributed by atoms with E-state index in [0.717, 1.165) is 64.6 Å². The van der Waals surface area contributed by atoms with Crippen LogP contribution in [0.5, 0.6) is 0 Å². The number of furan rings is 3. The van der Waals surface area contributed by atoms with Gasteiger partial charge in [0, 0.05) is 32.3 Å². The van der Waals surface area contributed by atoms with Crippen LogP contribution in [0.2, 0.25) is 0 Å². The average molecular weight is 1590 g/mol. The third kappa shape index (κ3) is 11.2. The summed E-state index contributed by atoms with van der Waals surface area (Å²) < 4.78 is 298. The highest BCUT2D eigenvalue weighted by Crippen LogP contribution is 2.53. The lowest BCUT2D eigenvalue weighted by atomic mass is 9.84. The Morgan fingerprint density at radius 3 is 0.813 bits per heavy atom. The first kappa shape index (κ1) is 45.7. The van der Waals surface area contributed by atoms with Gasteiger partial charge in [0.05, 0.1) is 42.5 Å². The Hall–Kier alpha value is -16.2. The van der Waals surface area contributed by atoms with Crippen molar-refractivity contribution in [3.63, 3.8) is 0 Å². The third-order valence-electron chi connectivity index (χ3n) is 23.7. The number of hydrogen-bond acceptors (Lipinski definition) is 3. The van der Waals surface area contributed by atoms with Crippen LogP contribution in [0.1, 0.15) is 42.5 Å². The Balaban J connectivity index is 0.000000119. The largest absolute Gasteiger partial charge is 0.456 e. The number of benzene rings is 24. The molecule has 0 saturated carbocycles. The van der Waals surface area contributed by atoms with E-state index in [9.17, 15) is 17.8 Å². The fraction of sp³-hybridized carbons (Fsp3) is 0. The molecule has 27 aromatic rings. The van der Waals surface area contributed by atoms with Crippen LogP contribution >= 0.6 is 0 Å². The zero-order chi connectivity index (χ0) is 108. The lowest BCUT2D eigenvalue weighted by Crippen LogP contribution is -1.92. The van der Waals surface area contributed by atoms with Gasteiger partial charge < -0.3 is 13.3 Å². The molecule has 0 amide bonds. The van der Waals surface area contributed by atoms with E-state index < -0.39 is 155 Å². The van der Waals surface area contributed by atoms with E-state index in [2.05, 4.69) is 0 Å². The van der Waals surface area contributed by atoms with Gasteiger partial charge in [0.2, 0.25) is 0 Å². The maximum atomic E-state index is 9.40. The molecular formula is C120H72O3. The monoisotopic (exact) mass is 1590 g/mol. The van der Waals surface area contributed by atoms with Crippen molar-refractivity contribution in [2.24, 2.45) is 0 Å². The number of hydrogen-bond donors (Lipinski definition) is 0. The van der Waals surface area contributed by atoms with Crippen molar-refractivity contribution >= 4 is 195 Å². The Bertz CT molecular complexity index is 10900. The quantitative estimate of drug-likeness (QED) is 0.156. The Labute approximate surface area is 750 Å². The summed E-state index contributed by atoms with van der Waals surface area (Å²) in [4.78, 5) is 0. The molecule has 0 atom stereocenters. The van der Waals surface area contributed by atoms with Crippen molar-refractivity contribution in [1.82, 2.24) is 0 Å². The van der Waals surface area contributed by atoms with E-state index in [1.54, 1.807) is 30.3 Å². The summed E-state index contributed by atoms with van der Waals surface area (Å²) >= 11 is 0. The molecule has 3 heteroatoms.